The van der Waals surface area contributed by atoms with E-state index in [1.807, 2.05) is 4.90 Å². The van der Waals surface area contributed by atoms with Gasteiger partial charge < -0.3 is 29.4 Å². The largest absolute Gasteiger partial charge is 0.417 e. The van der Waals surface area contributed by atoms with Crippen LogP contribution in [0.5, 0.6) is 0 Å². The summed E-state index contributed by atoms with van der Waals surface area (Å²) < 4.78 is 49.3. The molecule has 1 N–H and O–H groups in total. The minimum absolute atomic E-state index is 0.0284. The Hall–Kier alpha value is -3.14. The number of aromatic nitrogens is 2. The van der Waals surface area contributed by atoms with Gasteiger partial charge in [-0.3, -0.25) is 19.1 Å². The summed E-state index contributed by atoms with van der Waals surface area (Å²) in [5.74, 6) is -0.224. The monoisotopic (exact) mass is 706 g/mol. The SMILES string of the molecule is CC(=O)N1CCc2c(c(-c3ccc(C(F)(F)F)c(SCC(=O)N4CCOCC4)c3)nn2CC(O)CN2CCC(C(=O)N3CCCC3)CC2)C1. The van der Waals surface area contributed by atoms with E-state index in [1.165, 1.54) is 19.1 Å². The van der Waals surface area contributed by atoms with Crippen LogP contribution in [0, 0.1) is 5.92 Å². The Bertz CT molecular complexity index is 1520. The van der Waals surface area contributed by atoms with Crippen molar-refractivity contribution in [3.05, 3.63) is 35.0 Å². The molecule has 0 bridgehead atoms. The third-order valence-corrected chi connectivity index (χ3v) is 11.1. The van der Waals surface area contributed by atoms with Gasteiger partial charge in [0.1, 0.15) is 0 Å². The van der Waals surface area contributed by atoms with Crippen LogP contribution in [0.15, 0.2) is 23.1 Å². The topological polar surface area (TPSA) is 111 Å². The van der Waals surface area contributed by atoms with Crippen molar-refractivity contribution in [2.45, 2.75) is 69.3 Å². The van der Waals surface area contributed by atoms with E-state index in [4.69, 9.17) is 9.84 Å². The second kappa shape index (κ2) is 15.4. The van der Waals surface area contributed by atoms with Crippen molar-refractivity contribution in [1.82, 2.24) is 29.4 Å². The number of amides is 3. The fourth-order valence-corrected chi connectivity index (χ4v) is 8.33. The lowest BCUT2D eigenvalue weighted by molar-refractivity contribution is -0.140. The molecule has 4 aliphatic rings. The summed E-state index contributed by atoms with van der Waals surface area (Å²) in [7, 11) is 0. The molecule has 0 spiro atoms. The second-order valence-corrected chi connectivity index (χ2v) is 14.4. The number of rotatable bonds is 9. The number of piperidine rings is 1. The number of benzene rings is 1. The minimum Gasteiger partial charge on any atom is -0.390 e. The number of aliphatic hydroxyl groups excluding tert-OH is 1. The Morgan fingerprint density at radius 3 is 2.37 bits per heavy atom. The van der Waals surface area contributed by atoms with Crippen LogP contribution >= 0.6 is 11.8 Å². The fraction of sp³-hybridized carbons (Fsp3) is 0.647. The molecule has 1 atom stereocenters. The molecule has 268 valence electrons. The number of morpholine rings is 1. The molecule has 15 heteroatoms. The summed E-state index contributed by atoms with van der Waals surface area (Å²) in [6, 6.07) is 3.85. The van der Waals surface area contributed by atoms with Crippen molar-refractivity contribution in [2.24, 2.45) is 5.92 Å². The molecule has 1 aromatic heterocycles. The quantitative estimate of drug-likeness (QED) is 0.397. The van der Waals surface area contributed by atoms with E-state index >= 15 is 0 Å². The molecule has 3 fully saturated rings. The number of β-amino-alcohol motifs (C(OH)–C–C–N with tert-alkyl or cyclic N) is 1. The molecule has 0 saturated carbocycles. The van der Waals surface area contributed by atoms with Crippen molar-refractivity contribution in [1.29, 1.82) is 0 Å². The summed E-state index contributed by atoms with van der Waals surface area (Å²) >= 11 is 0.853. The van der Waals surface area contributed by atoms with Gasteiger partial charge >= 0.3 is 6.18 Å². The number of carbonyl (C=O) groups is 3. The zero-order valence-corrected chi connectivity index (χ0v) is 28.7. The molecule has 0 aliphatic carbocycles. The van der Waals surface area contributed by atoms with Crippen LogP contribution in [0.4, 0.5) is 13.2 Å². The third-order valence-electron chi connectivity index (χ3n) is 10.1. The average Bonchev–Trinajstić information content (AvgIpc) is 3.76. The van der Waals surface area contributed by atoms with E-state index in [1.54, 1.807) is 14.5 Å². The fourth-order valence-electron chi connectivity index (χ4n) is 7.32. The molecule has 1 aromatic carbocycles. The summed E-state index contributed by atoms with van der Waals surface area (Å²) in [6.07, 6.45) is -1.23. The zero-order chi connectivity index (χ0) is 34.7. The average molecular weight is 707 g/mol. The highest BCUT2D eigenvalue weighted by molar-refractivity contribution is 8.00. The van der Waals surface area contributed by atoms with Crippen LogP contribution in [-0.4, -0.2) is 130 Å². The molecule has 1 unspecified atom stereocenters. The molecule has 5 heterocycles. The molecule has 3 saturated heterocycles. The van der Waals surface area contributed by atoms with Gasteiger partial charge in [0.25, 0.3) is 0 Å². The number of ether oxygens (including phenoxy) is 1. The van der Waals surface area contributed by atoms with Crippen LogP contribution in [0.25, 0.3) is 11.3 Å². The Labute approximate surface area is 288 Å². The van der Waals surface area contributed by atoms with E-state index in [0.717, 1.165) is 80.9 Å². The molecule has 49 heavy (non-hydrogen) atoms. The van der Waals surface area contributed by atoms with Gasteiger partial charge in [0.05, 0.1) is 42.9 Å². The first kappa shape index (κ1) is 35.7. The van der Waals surface area contributed by atoms with Gasteiger partial charge in [-0.25, -0.2) is 0 Å². The highest BCUT2D eigenvalue weighted by Crippen LogP contribution is 2.40. The molecule has 2 aromatic rings. The Morgan fingerprint density at radius 1 is 0.980 bits per heavy atom. The van der Waals surface area contributed by atoms with Crippen molar-refractivity contribution in [3.8, 4) is 11.3 Å². The predicted molar refractivity (Wildman–Crippen MR) is 177 cm³/mol. The number of hydrogen-bond acceptors (Lipinski definition) is 8. The summed E-state index contributed by atoms with van der Waals surface area (Å²) in [6.45, 7) is 7.56. The van der Waals surface area contributed by atoms with Gasteiger partial charge in [-0.1, -0.05) is 6.07 Å². The first-order valence-corrected chi connectivity index (χ1v) is 18.2. The molecular weight excluding hydrogens is 661 g/mol. The number of nitrogens with zero attached hydrogens (tertiary/aromatic N) is 6. The number of likely N-dealkylation sites (tertiary alicyclic amines) is 2. The van der Waals surface area contributed by atoms with E-state index in [9.17, 15) is 32.7 Å². The zero-order valence-electron chi connectivity index (χ0n) is 27.9. The Kier molecular flexibility index (Phi) is 11.2. The lowest BCUT2D eigenvalue weighted by Crippen LogP contribution is -2.44. The Balaban J connectivity index is 1.19. The van der Waals surface area contributed by atoms with Gasteiger partial charge in [0.15, 0.2) is 0 Å². The van der Waals surface area contributed by atoms with Crippen molar-refractivity contribution in [2.75, 3.05) is 71.3 Å². The number of aliphatic hydroxyl groups is 1. The second-order valence-electron chi connectivity index (χ2n) is 13.4. The third kappa shape index (κ3) is 8.43. The van der Waals surface area contributed by atoms with E-state index in [-0.39, 0.29) is 47.4 Å². The minimum atomic E-state index is -4.62. The van der Waals surface area contributed by atoms with Gasteiger partial charge in [0.2, 0.25) is 17.7 Å². The lowest BCUT2D eigenvalue weighted by atomic mass is 9.95. The maximum absolute atomic E-state index is 14.1. The number of fused-ring (bicyclic) bond motifs is 1. The maximum Gasteiger partial charge on any atom is 0.417 e. The van der Waals surface area contributed by atoms with Gasteiger partial charge in [-0.2, -0.15) is 18.3 Å². The number of alkyl halides is 3. The number of carbonyl (C=O) groups excluding carboxylic acids is 3. The summed E-state index contributed by atoms with van der Waals surface area (Å²) in [4.78, 5) is 45.4. The number of halogens is 3. The van der Waals surface area contributed by atoms with Crippen molar-refractivity contribution in [3.63, 3.8) is 0 Å². The summed E-state index contributed by atoms with van der Waals surface area (Å²) in [5, 5.41) is 16.0. The van der Waals surface area contributed by atoms with Crippen LogP contribution in [0.3, 0.4) is 0 Å². The molecule has 4 aliphatic heterocycles. The molecule has 0 radical (unpaired) electrons. The smallest absolute Gasteiger partial charge is 0.390 e. The standard InChI is InChI=1S/C34H45F3N6O5S/c1-23(44)42-13-8-29-27(21-42)32(25-4-5-28(34(35,36)37)30(18-25)49-22-31(46)40-14-16-48-17-15-40)38-43(29)20-26(45)19-39-11-6-24(7-12-39)33(47)41-9-2-3-10-41/h4-5,18,24,26,45H,2-3,6-17,19-22H2,1H3. The number of thioether (sulfide) groups is 1. The van der Waals surface area contributed by atoms with Crippen LogP contribution in [-0.2, 0) is 44.8 Å². The molecule has 6 rings (SSSR count). The highest BCUT2D eigenvalue weighted by atomic mass is 32.2. The first-order chi connectivity index (χ1) is 23.5. The van der Waals surface area contributed by atoms with Crippen LogP contribution < -0.4 is 0 Å². The normalized spacial score (nSPS) is 20.1. The summed E-state index contributed by atoms with van der Waals surface area (Å²) in [5.41, 5.74) is 1.68. The van der Waals surface area contributed by atoms with E-state index < -0.39 is 17.8 Å². The van der Waals surface area contributed by atoms with Crippen LogP contribution in [0.1, 0.15) is 49.4 Å². The van der Waals surface area contributed by atoms with Gasteiger partial charge in [-0.05, 0) is 50.9 Å². The van der Waals surface area contributed by atoms with Crippen molar-refractivity contribution < 1.29 is 37.4 Å². The highest BCUT2D eigenvalue weighted by Gasteiger charge is 2.36. The lowest BCUT2D eigenvalue weighted by Gasteiger charge is -2.34. The van der Waals surface area contributed by atoms with E-state index in [2.05, 4.69) is 4.90 Å². The Morgan fingerprint density at radius 2 is 1.69 bits per heavy atom. The van der Waals surface area contributed by atoms with Gasteiger partial charge in [0, 0.05) is 86.8 Å². The first-order valence-electron chi connectivity index (χ1n) is 17.2. The molecular formula is C34H45F3N6O5S. The van der Waals surface area contributed by atoms with E-state index in [0.29, 0.717) is 57.1 Å². The molecule has 3 amide bonds. The maximum atomic E-state index is 14.1. The van der Waals surface area contributed by atoms with Gasteiger partial charge in [-0.15, -0.1) is 11.8 Å². The van der Waals surface area contributed by atoms with Crippen molar-refractivity contribution >= 4 is 29.5 Å². The van der Waals surface area contributed by atoms with Crippen LogP contribution in [0.2, 0.25) is 0 Å². The predicted octanol–water partition coefficient (Wildman–Crippen LogP) is 3.12. The number of hydrogen-bond donors (Lipinski definition) is 1. The molecule has 11 nitrogen and oxygen atoms in total.